The number of carbonyl (C=O) groups is 1. The number of ether oxygens (including phenoxy) is 1. The molecule has 94 valence electrons. The van der Waals surface area contributed by atoms with E-state index in [-0.39, 0.29) is 5.75 Å². The van der Waals surface area contributed by atoms with E-state index in [4.69, 9.17) is 23.2 Å². The molecule has 6 heteroatoms. The molecule has 1 atom stereocenters. The maximum Gasteiger partial charge on any atom is 0.338 e. The van der Waals surface area contributed by atoms with E-state index >= 15 is 0 Å². The molecule has 1 aromatic rings. The molecule has 0 fully saturated rings. The second-order valence-corrected chi connectivity index (χ2v) is 5.40. The highest BCUT2D eigenvalue weighted by Crippen LogP contribution is 2.35. The van der Waals surface area contributed by atoms with Crippen LogP contribution in [0.5, 0.6) is 0 Å². The summed E-state index contributed by atoms with van der Waals surface area (Å²) < 4.78 is 4.50. The monoisotopic (exact) mass is 294 g/mol. The van der Waals surface area contributed by atoms with E-state index in [1.165, 1.54) is 25.8 Å². The Hall–Kier alpha value is -0.420. The molecular weight excluding hydrogens is 283 g/mol. The number of benzene rings is 1. The maximum atomic E-state index is 11.3. The summed E-state index contributed by atoms with van der Waals surface area (Å²) in [7, 11) is 1.23. The molecular formula is C11H12Cl2O3S. The van der Waals surface area contributed by atoms with Crippen LogP contribution in [0.15, 0.2) is 23.1 Å². The first-order valence-corrected chi connectivity index (χ1v) is 6.50. The van der Waals surface area contributed by atoms with Crippen molar-refractivity contribution < 1.29 is 14.6 Å². The Morgan fingerprint density at radius 1 is 1.47 bits per heavy atom. The second-order valence-electron chi connectivity index (χ2n) is 3.60. The van der Waals surface area contributed by atoms with E-state index in [9.17, 15) is 9.90 Å². The lowest BCUT2D eigenvalue weighted by Crippen LogP contribution is -2.38. The second kappa shape index (κ2) is 5.96. The van der Waals surface area contributed by atoms with Crippen LogP contribution in [0.1, 0.15) is 6.92 Å². The average Bonchev–Trinajstić information content (AvgIpc) is 2.27. The van der Waals surface area contributed by atoms with Crippen LogP contribution in [0.25, 0.3) is 0 Å². The van der Waals surface area contributed by atoms with Crippen LogP contribution >= 0.6 is 35.0 Å². The molecule has 1 aromatic carbocycles. The van der Waals surface area contributed by atoms with Gasteiger partial charge in [0.1, 0.15) is 0 Å². The van der Waals surface area contributed by atoms with E-state index in [1.807, 2.05) is 0 Å². The zero-order valence-electron chi connectivity index (χ0n) is 9.37. The number of halogens is 2. The summed E-state index contributed by atoms with van der Waals surface area (Å²) in [6, 6.07) is 5.12. The molecule has 0 heterocycles. The largest absolute Gasteiger partial charge is 0.467 e. The number of aliphatic hydroxyl groups is 1. The van der Waals surface area contributed by atoms with E-state index in [0.717, 1.165) is 0 Å². The number of carbonyl (C=O) groups excluding carboxylic acids is 1. The first-order chi connectivity index (χ1) is 7.88. The highest BCUT2D eigenvalue weighted by Gasteiger charge is 2.31. The fourth-order valence-corrected chi connectivity index (χ4v) is 2.79. The third-order valence-electron chi connectivity index (χ3n) is 2.04. The van der Waals surface area contributed by atoms with Gasteiger partial charge in [-0.25, -0.2) is 4.79 Å². The molecule has 1 N–H and O–H groups in total. The predicted molar refractivity (Wildman–Crippen MR) is 69.8 cm³/mol. The Morgan fingerprint density at radius 3 is 2.47 bits per heavy atom. The number of hydrogen-bond donors (Lipinski definition) is 1. The number of esters is 1. The summed E-state index contributed by atoms with van der Waals surface area (Å²) >= 11 is 13.1. The van der Waals surface area contributed by atoms with Crippen molar-refractivity contribution >= 4 is 40.9 Å². The van der Waals surface area contributed by atoms with Crippen molar-refractivity contribution in [2.75, 3.05) is 12.9 Å². The Balaban J connectivity index is 2.77. The van der Waals surface area contributed by atoms with Crippen molar-refractivity contribution in [3.8, 4) is 0 Å². The number of methoxy groups -OCH3 is 1. The van der Waals surface area contributed by atoms with Crippen molar-refractivity contribution in [3.05, 3.63) is 28.2 Å². The van der Waals surface area contributed by atoms with Crippen molar-refractivity contribution in [1.82, 2.24) is 0 Å². The zero-order valence-corrected chi connectivity index (χ0v) is 11.7. The highest BCUT2D eigenvalue weighted by atomic mass is 35.5. The molecule has 0 radical (unpaired) electrons. The van der Waals surface area contributed by atoms with E-state index in [0.29, 0.717) is 14.9 Å². The molecule has 0 amide bonds. The third-order valence-corrected chi connectivity index (χ3v) is 4.33. The lowest BCUT2D eigenvalue weighted by atomic mass is 10.1. The van der Waals surface area contributed by atoms with Crippen molar-refractivity contribution in [1.29, 1.82) is 0 Å². The van der Waals surface area contributed by atoms with E-state index in [2.05, 4.69) is 4.74 Å². The molecule has 0 spiro atoms. The van der Waals surface area contributed by atoms with E-state index in [1.54, 1.807) is 18.2 Å². The Bertz CT molecular complexity index is 401. The van der Waals surface area contributed by atoms with Crippen molar-refractivity contribution in [3.63, 3.8) is 0 Å². The lowest BCUT2D eigenvalue weighted by molar-refractivity contribution is -0.158. The highest BCUT2D eigenvalue weighted by molar-refractivity contribution is 7.99. The molecule has 0 aliphatic heterocycles. The van der Waals surface area contributed by atoms with Crippen LogP contribution in [-0.4, -0.2) is 29.5 Å². The van der Waals surface area contributed by atoms with Gasteiger partial charge in [0.2, 0.25) is 0 Å². The molecule has 3 nitrogen and oxygen atoms in total. The minimum absolute atomic E-state index is 0.114. The van der Waals surface area contributed by atoms with Gasteiger partial charge in [0.05, 0.1) is 17.2 Å². The maximum absolute atomic E-state index is 11.3. The van der Waals surface area contributed by atoms with Gasteiger partial charge in [-0.05, 0) is 19.1 Å². The summed E-state index contributed by atoms with van der Waals surface area (Å²) in [5.41, 5.74) is -1.57. The summed E-state index contributed by atoms with van der Waals surface area (Å²) in [6.07, 6.45) is 0. The molecule has 1 unspecified atom stereocenters. The molecule has 0 saturated carbocycles. The van der Waals surface area contributed by atoms with Gasteiger partial charge in [-0.15, -0.1) is 11.8 Å². The van der Waals surface area contributed by atoms with Crippen LogP contribution in [0.2, 0.25) is 10.0 Å². The number of hydrogen-bond acceptors (Lipinski definition) is 4. The van der Waals surface area contributed by atoms with Gasteiger partial charge >= 0.3 is 5.97 Å². The summed E-state index contributed by atoms with van der Waals surface area (Å²) in [5, 5.41) is 10.8. The van der Waals surface area contributed by atoms with Crippen LogP contribution in [-0.2, 0) is 9.53 Å². The van der Waals surface area contributed by atoms with Gasteiger partial charge in [-0.3, -0.25) is 0 Å². The molecule has 0 aromatic heterocycles. The average molecular weight is 295 g/mol. The number of thioether (sulfide) groups is 1. The van der Waals surface area contributed by atoms with Gasteiger partial charge in [0.15, 0.2) is 5.60 Å². The SMILES string of the molecule is COC(=O)C(C)(O)CSc1c(Cl)cccc1Cl. The fraction of sp³-hybridized carbons (Fsp3) is 0.364. The third kappa shape index (κ3) is 3.78. The molecule has 17 heavy (non-hydrogen) atoms. The van der Waals surface area contributed by atoms with Gasteiger partial charge in [-0.2, -0.15) is 0 Å². The van der Waals surface area contributed by atoms with Crippen molar-refractivity contribution in [2.45, 2.75) is 17.4 Å². The van der Waals surface area contributed by atoms with Crippen LogP contribution in [0.4, 0.5) is 0 Å². The standard InChI is InChI=1S/C11H12Cl2O3S/c1-11(15,10(14)16-2)6-17-9-7(12)4-3-5-8(9)13/h3-5,15H,6H2,1-2H3. The van der Waals surface area contributed by atoms with Gasteiger partial charge in [0, 0.05) is 10.6 Å². The van der Waals surface area contributed by atoms with E-state index < -0.39 is 11.6 Å². The van der Waals surface area contributed by atoms with Crippen LogP contribution in [0, 0.1) is 0 Å². The molecule has 1 rings (SSSR count). The zero-order chi connectivity index (χ0) is 13.1. The van der Waals surface area contributed by atoms with Crippen LogP contribution in [0.3, 0.4) is 0 Å². The van der Waals surface area contributed by atoms with Crippen LogP contribution < -0.4 is 0 Å². The predicted octanol–water partition coefficient (Wildman–Crippen LogP) is 3.01. The first-order valence-electron chi connectivity index (χ1n) is 4.76. The topological polar surface area (TPSA) is 46.5 Å². The molecule has 0 aliphatic carbocycles. The summed E-state index contributed by atoms with van der Waals surface area (Å²) in [5.74, 6) is -0.573. The quantitative estimate of drug-likeness (QED) is 0.685. The Labute approximate surface area is 114 Å². The Morgan fingerprint density at radius 2 is 2.00 bits per heavy atom. The minimum Gasteiger partial charge on any atom is -0.467 e. The lowest BCUT2D eigenvalue weighted by Gasteiger charge is -2.20. The minimum atomic E-state index is -1.57. The summed E-state index contributed by atoms with van der Waals surface area (Å²) in [4.78, 5) is 11.9. The Kier molecular flexibility index (Phi) is 5.13. The smallest absolute Gasteiger partial charge is 0.338 e. The van der Waals surface area contributed by atoms with Gasteiger partial charge in [-0.1, -0.05) is 29.3 Å². The summed E-state index contributed by atoms with van der Waals surface area (Å²) in [6.45, 7) is 1.39. The van der Waals surface area contributed by atoms with Crippen molar-refractivity contribution in [2.24, 2.45) is 0 Å². The molecule has 0 saturated heterocycles. The molecule has 0 aliphatic rings. The normalized spacial score (nSPS) is 14.2. The first kappa shape index (κ1) is 14.6. The fourth-order valence-electron chi connectivity index (χ4n) is 1.11. The van der Waals surface area contributed by atoms with Gasteiger partial charge < -0.3 is 9.84 Å². The molecule has 0 bridgehead atoms. The van der Waals surface area contributed by atoms with Gasteiger partial charge in [0.25, 0.3) is 0 Å². The number of rotatable bonds is 4.